The zero-order valence-electron chi connectivity index (χ0n) is 19.0. The molecule has 1 aromatic heterocycles. The average Bonchev–Trinajstić information content (AvgIpc) is 2.88. The number of halogens is 1. The lowest BCUT2D eigenvalue weighted by atomic mass is 9.99. The van der Waals surface area contributed by atoms with Crippen molar-refractivity contribution in [1.29, 1.82) is 5.26 Å². The molecule has 34 heavy (non-hydrogen) atoms. The fourth-order valence-electron chi connectivity index (χ4n) is 5.23. The minimum Gasteiger partial charge on any atom is -0.370 e. The van der Waals surface area contributed by atoms with E-state index < -0.39 is 15.7 Å². The van der Waals surface area contributed by atoms with Crippen LogP contribution in [0.3, 0.4) is 0 Å². The zero-order valence-corrected chi connectivity index (χ0v) is 19.8. The van der Waals surface area contributed by atoms with Gasteiger partial charge in [-0.25, -0.2) is 12.8 Å². The number of piperidine rings is 2. The number of nitriles is 1. The molecular weight excluding hydrogens is 451 g/mol. The Morgan fingerprint density at radius 2 is 1.68 bits per heavy atom. The van der Waals surface area contributed by atoms with Crippen molar-refractivity contribution in [2.75, 3.05) is 31.1 Å². The topological polar surface area (TPSA) is 77.3 Å². The van der Waals surface area contributed by atoms with Crippen LogP contribution in [0.5, 0.6) is 0 Å². The first kappa shape index (κ1) is 22.8. The van der Waals surface area contributed by atoms with Crippen LogP contribution < -0.4 is 4.90 Å². The Balaban J connectivity index is 1.56. The van der Waals surface area contributed by atoms with Gasteiger partial charge in [0.1, 0.15) is 10.7 Å². The van der Waals surface area contributed by atoms with Gasteiger partial charge in [0.2, 0.25) is 9.84 Å². The third-order valence-electron chi connectivity index (χ3n) is 7.04. The second-order valence-corrected chi connectivity index (χ2v) is 11.0. The fourth-order valence-corrected chi connectivity index (χ4v) is 6.67. The average molecular weight is 479 g/mol. The molecule has 3 aromatic rings. The molecule has 2 fully saturated rings. The minimum absolute atomic E-state index is 0.0353. The van der Waals surface area contributed by atoms with Gasteiger partial charge in [-0.15, -0.1) is 0 Å². The summed E-state index contributed by atoms with van der Waals surface area (Å²) in [7, 11) is -3.92. The van der Waals surface area contributed by atoms with E-state index in [1.165, 1.54) is 37.6 Å². The van der Waals surface area contributed by atoms with E-state index in [1.54, 1.807) is 18.2 Å². The standard InChI is InChI=1S/C26H27FN4O2S/c27-20-5-7-22(8-6-20)34(32,33)25-18-29-24-16-19(17-28)4-9-23(24)26(25)31-14-10-21(11-15-31)30-12-2-1-3-13-30/h4-9,16,18,21H,1-3,10-15H2. The maximum Gasteiger partial charge on any atom is 0.210 e. The molecule has 6 nitrogen and oxygen atoms in total. The molecule has 2 aromatic carbocycles. The lowest BCUT2D eigenvalue weighted by Gasteiger charge is -2.41. The SMILES string of the molecule is N#Cc1ccc2c(N3CCC(N4CCCCC4)CC3)c(S(=O)(=O)c3ccc(F)cc3)cnc2c1. The van der Waals surface area contributed by atoms with Gasteiger partial charge in [-0.3, -0.25) is 4.98 Å². The maximum absolute atomic E-state index is 13.6. The quantitative estimate of drug-likeness (QED) is 0.513. The molecule has 0 saturated carbocycles. The van der Waals surface area contributed by atoms with Crippen LogP contribution in [-0.2, 0) is 9.84 Å². The lowest BCUT2D eigenvalue weighted by Crippen LogP contribution is -2.47. The van der Waals surface area contributed by atoms with Gasteiger partial charge in [-0.2, -0.15) is 5.26 Å². The van der Waals surface area contributed by atoms with Crippen LogP contribution in [-0.4, -0.2) is 50.5 Å². The summed E-state index contributed by atoms with van der Waals surface area (Å²) in [4.78, 5) is 9.29. The highest BCUT2D eigenvalue weighted by molar-refractivity contribution is 7.91. The number of anilines is 1. The van der Waals surface area contributed by atoms with Gasteiger partial charge >= 0.3 is 0 Å². The molecular formula is C26H27FN4O2S. The van der Waals surface area contributed by atoms with Crippen LogP contribution in [0.1, 0.15) is 37.7 Å². The summed E-state index contributed by atoms with van der Waals surface area (Å²) >= 11 is 0. The molecule has 8 heteroatoms. The molecule has 3 heterocycles. The van der Waals surface area contributed by atoms with Gasteiger partial charge in [0.15, 0.2) is 0 Å². The first-order chi connectivity index (χ1) is 16.5. The van der Waals surface area contributed by atoms with E-state index in [-0.39, 0.29) is 9.79 Å². The summed E-state index contributed by atoms with van der Waals surface area (Å²) in [5.41, 5.74) is 1.69. The third kappa shape index (κ3) is 4.26. The largest absolute Gasteiger partial charge is 0.370 e. The Labute approximate surface area is 199 Å². The van der Waals surface area contributed by atoms with Gasteiger partial charge < -0.3 is 9.80 Å². The number of aromatic nitrogens is 1. The van der Waals surface area contributed by atoms with E-state index >= 15 is 0 Å². The molecule has 2 saturated heterocycles. The van der Waals surface area contributed by atoms with Gasteiger partial charge in [-0.1, -0.05) is 6.42 Å². The number of likely N-dealkylation sites (tertiary alicyclic amines) is 1. The Morgan fingerprint density at radius 3 is 2.35 bits per heavy atom. The second-order valence-electron chi connectivity index (χ2n) is 9.09. The molecule has 5 rings (SSSR count). The van der Waals surface area contributed by atoms with Crippen LogP contribution in [0.25, 0.3) is 10.9 Å². The van der Waals surface area contributed by atoms with Crippen molar-refractivity contribution in [1.82, 2.24) is 9.88 Å². The number of fused-ring (bicyclic) bond motifs is 1. The summed E-state index contributed by atoms with van der Waals surface area (Å²) in [6.45, 7) is 3.77. The highest BCUT2D eigenvalue weighted by Gasteiger charge is 2.31. The predicted molar refractivity (Wildman–Crippen MR) is 129 cm³/mol. The van der Waals surface area contributed by atoms with Crippen LogP contribution in [0.15, 0.2) is 58.5 Å². The summed E-state index contributed by atoms with van der Waals surface area (Å²) < 4.78 is 40.7. The normalized spacial score (nSPS) is 18.2. The molecule has 0 atom stereocenters. The number of rotatable bonds is 4. The Kier molecular flexibility index (Phi) is 6.24. The van der Waals surface area contributed by atoms with E-state index in [4.69, 9.17) is 0 Å². The number of benzene rings is 2. The third-order valence-corrected chi connectivity index (χ3v) is 8.81. The molecule has 0 amide bonds. The first-order valence-corrected chi connectivity index (χ1v) is 13.3. The van der Waals surface area contributed by atoms with Crippen molar-refractivity contribution in [2.45, 2.75) is 47.9 Å². The summed E-state index contributed by atoms with van der Waals surface area (Å²) in [5, 5.41) is 10.0. The molecule has 0 aliphatic carbocycles. The molecule has 0 bridgehead atoms. The number of hydrogen-bond donors (Lipinski definition) is 0. The fraction of sp³-hybridized carbons (Fsp3) is 0.385. The van der Waals surface area contributed by atoms with Crippen molar-refractivity contribution in [2.24, 2.45) is 0 Å². The van der Waals surface area contributed by atoms with E-state index in [0.29, 0.717) is 28.2 Å². The van der Waals surface area contributed by atoms with Crippen molar-refractivity contribution in [3.05, 3.63) is 60.0 Å². The molecule has 0 unspecified atom stereocenters. The van der Waals surface area contributed by atoms with Gasteiger partial charge in [0.25, 0.3) is 0 Å². The Bertz CT molecular complexity index is 1340. The molecule has 2 aliphatic heterocycles. The smallest absolute Gasteiger partial charge is 0.210 e. The maximum atomic E-state index is 13.6. The van der Waals surface area contributed by atoms with Crippen LogP contribution >= 0.6 is 0 Å². The monoisotopic (exact) mass is 478 g/mol. The number of hydrogen-bond acceptors (Lipinski definition) is 6. The van der Waals surface area contributed by atoms with Gasteiger partial charge in [0, 0.05) is 30.7 Å². The number of pyridine rings is 1. The summed E-state index contributed by atoms with van der Waals surface area (Å²) in [6.07, 6.45) is 7.11. The predicted octanol–water partition coefficient (Wildman–Crippen LogP) is 4.53. The Morgan fingerprint density at radius 1 is 0.971 bits per heavy atom. The molecule has 176 valence electrons. The minimum atomic E-state index is -3.92. The van der Waals surface area contributed by atoms with Gasteiger partial charge in [0.05, 0.1) is 27.7 Å². The highest BCUT2D eigenvalue weighted by atomic mass is 32.2. The molecule has 0 radical (unpaired) electrons. The number of sulfone groups is 1. The number of nitrogens with zero attached hydrogens (tertiary/aromatic N) is 4. The van der Waals surface area contributed by atoms with Crippen LogP contribution in [0, 0.1) is 17.1 Å². The van der Waals surface area contributed by atoms with Crippen molar-refractivity contribution in [3.63, 3.8) is 0 Å². The second kappa shape index (κ2) is 9.32. The Hall–Kier alpha value is -3.02. The summed E-state index contributed by atoms with van der Waals surface area (Å²) in [6, 6.07) is 12.7. The molecule has 2 aliphatic rings. The van der Waals surface area contributed by atoms with E-state index in [1.807, 2.05) is 0 Å². The van der Waals surface area contributed by atoms with Crippen molar-refractivity contribution < 1.29 is 12.8 Å². The van der Waals surface area contributed by atoms with E-state index in [0.717, 1.165) is 51.2 Å². The first-order valence-electron chi connectivity index (χ1n) is 11.8. The van der Waals surface area contributed by atoms with E-state index in [9.17, 15) is 18.1 Å². The van der Waals surface area contributed by atoms with Crippen molar-refractivity contribution in [3.8, 4) is 6.07 Å². The summed E-state index contributed by atoms with van der Waals surface area (Å²) in [5.74, 6) is -0.486. The van der Waals surface area contributed by atoms with Crippen molar-refractivity contribution >= 4 is 26.4 Å². The van der Waals surface area contributed by atoms with Crippen LogP contribution in [0.2, 0.25) is 0 Å². The molecule has 0 N–H and O–H groups in total. The van der Waals surface area contributed by atoms with Gasteiger partial charge in [-0.05, 0) is 81.2 Å². The van der Waals surface area contributed by atoms with E-state index in [2.05, 4.69) is 20.9 Å². The zero-order chi connectivity index (χ0) is 23.7. The molecule has 0 spiro atoms. The van der Waals surface area contributed by atoms with Crippen LogP contribution in [0.4, 0.5) is 10.1 Å². The lowest BCUT2D eigenvalue weighted by molar-refractivity contribution is 0.141. The highest BCUT2D eigenvalue weighted by Crippen LogP contribution is 2.38.